The summed E-state index contributed by atoms with van der Waals surface area (Å²) in [5.41, 5.74) is 2.65. The number of nitrogens with zero attached hydrogens (tertiary/aromatic N) is 1. The second-order valence-electron chi connectivity index (χ2n) is 6.55. The van der Waals surface area contributed by atoms with Crippen molar-refractivity contribution in [1.29, 1.82) is 0 Å². The predicted octanol–water partition coefficient (Wildman–Crippen LogP) is 4.98. The Morgan fingerprint density at radius 2 is 1.96 bits per heavy atom. The molecular weight excluding hydrogens is 339 g/mol. The molecule has 1 saturated heterocycles. The van der Waals surface area contributed by atoms with Crippen LogP contribution in [-0.2, 0) is 0 Å². The summed E-state index contributed by atoms with van der Waals surface area (Å²) in [5, 5.41) is 1.49. The van der Waals surface area contributed by atoms with Crippen molar-refractivity contribution >= 4 is 28.4 Å². The van der Waals surface area contributed by atoms with Gasteiger partial charge in [-0.25, -0.2) is 4.39 Å². The molecule has 1 aromatic heterocycles. The lowest BCUT2D eigenvalue weighted by atomic mass is 9.94. The van der Waals surface area contributed by atoms with Gasteiger partial charge in [-0.15, -0.1) is 0 Å². The van der Waals surface area contributed by atoms with E-state index in [0.29, 0.717) is 17.1 Å². The van der Waals surface area contributed by atoms with Gasteiger partial charge in [0.25, 0.3) is 5.91 Å². The van der Waals surface area contributed by atoms with Crippen LogP contribution in [0.4, 0.5) is 4.39 Å². The van der Waals surface area contributed by atoms with Crippen LogP contribution in [0.3, 0.4) is 0 Å². The molecule has 1 amide bonds. The van der Waals surface area contributed by atoms with E-state index < -0.39 is 0 Å². The van der Waals surface area contributed by atoms with Crippen molar-refractivity contribution in [2.24, 2.45) is 0 Å². The molecule has 5 heteroatoms. The van der Waals surface area contributed by atoms with Crippen LogP contribution >= 0.6 is 11.6 Å². The predicted molar refractivity (Wildman–Crippen MR) is 97.6 cm³/mol. The highest BCUT2D eigenvalue weighted by Crippen LogP contribution is 2.30. The molecule has 1 atom stereocenters. The number of aromatic amines is 1. The molecule has 0 spiro atoms. The maximum Gasteiger partial charge on any atom is 0.253 e. The van der Waals surface area contributed by atoms with Gasteiger partial charge in [-0.2, -0.15) is 0 Å². The third-order valence-corrected chi connectivity index (χ3v) is 5.10. The summed E-state index contributed by atoms with van der Waals surface area (Å²) in [6.45, 7) is 1.42. The van der Waals surface area contributed by atoms with Gasteiger partial charge in [-0.1, -0.05) is 11.6 Å². The number of hydrogen-bond acceptors (Lipinski definition) is 1. The monoisotopic (exact) mass is 356 g/mol. The number of nitrogens with one attached hydrogen (secondary N) is 1. The Hall–Kier alpha value is -2.33. The highest BCUT2D eigenvalue weighted by molar-refractivity contribution is 6.30. The molecule has 2 aromatic carbocycles. The van der Waals surface area contributed by atoms with Gasteiger partial charge in [0.2, 0.25) is 0 Å². The molecule has 0 bridgehead atoms. The quantitative estimate of drug-likeness (QED) is 0.690. The van der Waals surface area contributed by atoms with E-state index in [1.165, 1.54) is 12.1 Å². The molecule has 1 fully saturated rings. The maximum atomic E-state index is 13.4. The summed E-state index contributed by atoms with van der Waals surface area (Å²) < 4.78 is 13.4. The van der Waals surface area contributed by atoms with Gasteiger partial charge in [0.15, 0.2) is 0 Å². The summed E-state index contributed by atoms with van der Waals surface area (Å²) in [6, 6.07) is 13.8. The summed E-state index contributed by atoms with van der Waals surface area (Å²) in [5.74, 6) is 0.0326. The fourth-order valence-electron chi connectivity index (χ4n) is 3.54. The van der Waals surface area contributed by atoms with Crippen molar-refractivity contribution in [2.45, 2.75) is 18.8 Å². The van der Waals surface area contributed by atoms with E-state index >= 15 is 0 Å². The zero-order valence-corrected chi connectivity index (χ0v) is 14.4. The normalized spacial score (nSPS) is 17.8. The molecule has 128 valence electrons. The van der Waals surface area contributed by atoms with E-state index in [1.54, 1.807) is 30.3 Å². The van der Waals surface area contributed by atoms with Crippen LogP contribution in [0.1, 0.15) is 34.8 Å². The number of carbonyl (C=O) groups is 1. The van der Waals surface area contributed by atoms with Crippen LogP contribution in [0.15, 0.2) is 48.5 Å². The fraction of sp³-hybridized carbons (Fsp3) is 0.250. The molecule has 3 nitrogen and oxygen atoms in total. The second-order valence-corrected chi connectivity index (χ2v) is 6.99. The van der Waals surface area contributed by atoms with E-state index in [1.807, 2.05) is 11.0 Å². The average Bonchev–Trinajstić information content (AvgIpc) is 3.05. The van der Waals surface area contributed by atoms with E-state index in [-0.39, 0.29) is 17.6 Å². The fourth-order valence-corrected chi connectivity index (χ4v) is 3.66. The largest absolute Gasteiger partial charge is 0.358 e. The Morgan fingerprint density at radius 1 is 1.16 bits per heavy atom. The van der Waals surface area contributed by atoms with Gasteiger partial charge >= 0.3 is 0 Å². The van der Waals surface area contributed by atoms with Crippen LogP contribution in [0.2, 0.25) is 5.02 Å². The Labute approximate surface area is 150 Å². The molecule has 2 heterocycles. The average molecular weight is 357 g/mol. The van der Waals surface area contributed by atoms with E-state index in [0.717, 1.165) is 36.0 Å². The molecule has 3 aromatic rings. The first-order chi connectivity index (χ1) is 12.1. The molecule has 1 N–H and O–H groups in total. The van der Waals surface area contributed by atoms with Crippen LogP contribution < -0.4 is 0 Å². The molecule has 0 aliphatic carbocycles. The third-order valence-electron chi connectivity index (χ3n) is 4.84. The topological polar surface area (TPSA) is 36.1 Å². The van der Waals surface area contributed by atoms with E-state index in [9.17, 15) is 9.18 Å². The Balaban J connectivity index is 1.55. The minimum atomic E-state index is -0.235. The summed E-state index contributed by atoms with van der Waals surface area (Å²) in [7, 11) is 0. The Kier molecular flexibility index (Phi) is 4.22. The van der Waals surface area contributed by atoms with Gasteiger partial charge in [-0.05, 0) is 61.4 Å². The first-order valence-electron chi connectivity index (χ1n) is 8.43. The second kappa shape index (κ2) is 6.52. The SMILES string of the molecule is O=C(c1ccc(Cl)cc1)N1CCCC(c2cc3cc(F)ccc3[nH]2)C1. The number of fused-ring (bicyclic) bond motifs is 1. The molecule has 1 aliphatic heterocycles. The number of benzene rings is 2. The van der Waals surface area contributed by atoms with Gasteiger partial charge in [-0.3, -0.25) is 4.79 Å². The van der Waals surface area contributed by atoms with E-state index in [4.69, 9.17) is 11.6 Å². The van der Waals surface area contributed by atoms with Gasteiger partial charge < -0.3 is 9.88 Å². The molecule has 1 aliphatic rings. The highest BCUT2D eigenvalue weighted by atomic mass is 35.5. The number of rotatable bonds is 2. The van der Waals surface area contributed by atoms with Crippen molar-refractivity contribution in [1.82, 2.24) is 9.88 Å². The lowest BCUT2D eigenvalue weighted by Gasteiger charge is -2.32. The van der Waals surface area contributed by atoms with Gasteiger partial charge in [0, 0.05) is 46.2 Å². The standard InChI is InChI=1S/C20H18ClFN2O/c21-16-5-3-13(4-6-16)20(25)24-9-1-2-14(12-24)19-11-15-10-17(22)7-8-18(15)23-19/h3-8,10-11,14,23H,1-2,9,12H2. The first-order valence-corrected chi connectivity index (χ1v) is 8.81. The molecule has 0 saturated carbocycles. The molecule has 25 heavy (non-hydrogen) atoms. The van der Waals surface area contributed by atoms with Crippen molar-refractivity contribution in [2.75, 3.05) is 13.1 Å². The van der Waals surface area contributed by atoms with Crippen molar-refractivity contribution in [3.05, 3.63) is 70.6 Å². The maximum absolute atomic E-state index is 13.4. The minimum absolute atomic E-state index is 0.0310. The van der Waals surface area contributed by atoms with Gasteiger partial charge in [0.05, 0.1) is 0 Å². The van der Waals surface area contributed by atoms with Crippen molar-refractivity contribution < 1.29 is 9.18 Å². The zero-order valence-electron chi connectivity index (χ0n) is 13.6. The van der Waals surface area contributed by atoms with Crippen LogP contribution in [0.25, 0.3) is 10.9 Å². The first kappa shape index (κ1) is 16.2. The van der Waals surface area contributed by atoms with Gasteiger partial charge in [0.1, 0.15) is 5.82 Å². The Bertz CT molecular complexity index is 919. The number of hydrogen-bond donors (Lipinski definition) is 1. The summed E-state index contributed by atoms with van der Waals surface area (Å²) in [6.07, 6.45) is 1.97. The number of halogens is 2. The third kappa shape index (κ3) is 3.27. The molecule has 0 radical (unpaired) electrons. The van der Waals surface area contributed by atoms with Crippen LogP contribution in [0, 0.1) is 5.82 Å². The van der Waals surface area contributed by atoms with Crippen LogP contribution in [-0.4, -0.2) is 28.9 Å². The Morgan fingerprint density at radius 3 is 2.76 bits per heavy atom. The summed E-state index contributed by atoms with van der Waals surface area (Å²) >= 11 is 5.90. The number of likely N-dealkylation sites (tertiary alicyclic amines) is 1. The van der Waals surface area contributed by atoms with Crippen molar-refractivity contribution in [3.8, 4) is 0 Å². The van der Waals surface area contributed by atoms with Crippen LogP contribution in [0.5, 0.6) is 0 Å². The number of piperidine rings is 1. The lowest BCUT2D eigenvalue weighted by molar-refractivity contribution is 0.0706. The number of amides is 1. The van der Waals surface area contributed by atoms with Crippen molar-refractivity contribution in [3.63, 3.8) is 0 Å². The molecular formula is C20H18ClFN2O. The zero-order chi connectivity index (χ0) is 17.4. The molecule has 4 rings (SSSR count). The van der Waals surface area contributed by atoms with E-state index in [2.05, 4.69) is 4.98 Å². The number of carbonyl (C=O) groups excluding carboxylic acids is 1. The lowest BCUT2D eigenvalue weighted by Crippen LogP contribution is -2.39. The minimum Gasteiger partial charge on any atom is -0.358 e. The molecule has 1 unspecified atom stereocenters. The highest BCUT2D eigenvalue weighted by Gasteiger charge is 2.26. The summed E-state index contributed by atoms with van der Waals surface area (Å²) in [4.78, 5) is 18.0. The number of H-pyrrole nitrogens is 1. The number of aromatic nitrogens is 1. The smallest absolute Gasteiger partial charge is 0.253 e.